The molecule has 1 N–H and O–H groups in total. The standard InChI is InChI=1S/C26H27F2NO2/c1-26(2,3)31-25(30)29-22-15-11-18(12-16-22)7-6-10-23(24(27)28)21-14-13-19-8-4-5-9-20(19)17-21/h4-5,8-9,11-17H,6-7,10H2,1-3H3,(H,29,30). The van der Waals surface area contributed by atoms with Crippen LogP contribution in [0.1, 0.15) is 44.7 Å². The summed E-state index contributed by atoms with van der Waals surface area (Å²) in [6.45, 7) is 5.41. The molecule has 3 aromatic carbocycles. The lowest BCUT2D eigenvalue weighted by molar-refractivity contribution is 0.0636. The normalized spacial score (nSPS) is 11.3. The number of hydrogen-bond acceptors (Lipinski definition) is 2. The number of carbonyl (C=O) groups is 1. The molecule has 0 aliphatic rings. The van der Waals surface area contributed by atoms with E-state index in [1.54, 1.807) is 39.0 Å². The molecular weight excluding hydrogens is 396 g/mol. The Kier molecular flexibility index (Phi) is 7.06. The van der Waals surface area contributed by atoms with E-state index in [0.717, 1.165) is 16.3 Å². The van der Waals surface area contributed by atoms with E-state index in [1.165, 1.54) is 0 Å². The summed E-state index contributed by atoms with van der Waals surface area (Å²) in [5, 5.41) is 4.67. The van der Waals surface area contributed by atoms with E-state index in [0.29, 0.717) is 30.5 Å². The number of ether oxygens (including phenoxy) is 1. The third-order valence-corrected chi connectivity index (χ3v) is 4.82. The predicted octanol–water partition coefficient (Wildman–Crippen LogP) is 7.82. The van der Waals surface area contributed by atoms with Crippen LogP contribution in [0, 0.1) is 0 Å². The first-order valence-electron chi connectivity index (χ1n) is 10.3. The van der Waals surface area contributed by atoms with Gasteiger partial charge in [0.15, 0.2) is 0 Å². The summed E-state index contributed by atoms with van der Waals surface area (Å²) in [7, 11) is 0. The summed E-state index contributed by atoms with van der Waals surface area (Å²) >= 11 is 0. The summed E-state index contributed by atoms with van der Waals surface area (Å²) < 4.78 is 32.5. The van der Waals surface area contributed by atoms with E-state index >= 15 is 0 Å². The number of nitrogens with one attached hydrogen (secondary N) is 1. The molecule has 3 aromatic rings. The zero-order valence-corrected chi connectivity index (χ0v) is 18.0. The maximum absolute atomic E-state index is 13.6. The van der Waals surface area contributed by atoms with Crippen molar-refractivity contribution in [1.29, 1.82) is 0 Å². The van der Waals surface area contributed by atoms with Crippen molar-refractivity contribution in [2.45, 2.75) is 45.6 Å². The number of halogens is 2. The zero-order valence-electron chi connectivity index (χ0n) is 18.0. The van der Waals surface area contributed by atoms with Crippen LogP contribution in [-0.2, 0) is 11.2 Å². The van der Waals surface area contributed by atoms with Crippen LogP contribution in [-0.4, -0.2) is 11.7 Å². The van der Waals surface area contributed by atoms with Gasteiger partial charge in [-0.25, -0.2) is 4.79 Å². The van der Waals surface area contributed by atoms with Crippen molar-refractivity contribution in [3.8, 4) is 0 Å². The molecular formula is C26H27F2NO2. The molecule has 0 aliphatic heterocycles. The lowest BCUT2D eigenvalue weighted by atomic mass is 9.97. The van der Waals surface area contributed by atoms with Crippen LogP contribution < -0.4 is 5.32 Å². The van der Waals surface area contributed by atoms with Gasteiger partial charge in [0.2, 0.25) is 0 Å². The minimum atomic E-state index is -1.63. The topological polar surface area (TPSA) is 38.3 Å². The van der Waals surface area contributed by atoms with E-state index < -0.39 is 17.8 Å². The summed E-state index contributed by atoms with van der Waals surface area (Å²) in [5.41, 5.74) is 1.74. The molecule has 0 aliphatic carbocycles. The van der Waals surface area contributed by atoms with Gasteiger partial charge in [-0.1, -0.05) is 48.5 Å². The highest BCUT2D eigenvalue weighted by Gasteiger charge is 2.16. The summed E-state index contributed by atoms with van der Waals surface area (Å²) in [5.74, 6) is 0. The van der Waals surface area contributed by atoms with Crippen LogP contribution >= 0.6 is 0 Å². The first-order chi connectivity index (χ1) is 14.7. The van der Waals surface area contributed by atoms with Gasteiger partial charge in [0, 0.05) is 11.3 Å². The Labute approximate surface area is 181 Å². The van der Waals surface area contributed by atoms with Crippen molar-refractivity contribution in [2.75, 3.05) is 5.32 Å². The van der Waals surface area contributed by atoms with Gasteiger partial charge in [-0.3, -0.25) is 5.32 Å². The van der Waals surface area contributed by atoms with Crippen LogP contribution in [0.15, 0.2) is 72.8 Å². The van der Waals surface area contributed by atoms with E-state index in [9.17, 15) is 13.6 Å². The van der Waals surface area contributed by atoms with Gasteiger partial charge < -0.3 is 4.74 Å². The number of hydrogen-bond donors (Lipinski definition) is 1. The van der Waals surface area contributed by atoms with Gasteiger partial charge >= 0.3 is 6.09 Å². The molecule has 0 saturated heterocycles. The molecule has 1 amide bonds. The number of benzene rings is 3. The highest BCUT2D eigenvalue weighted by molar-refractivity contribution is 5.86. The van der Waals surface area contributed by atoms with Crippen molar-refractivity contribution in [1.82, 2.24) is 0 Å². The van der Waals surface area contributed by atoms with E-state index in [2.05, 4.69) is 5.32 Å². The van der Waals surface area contributed by atoms with E-state index in [1.807, 2.05) is 48.5 Å². The molecule has 0 atom stereocenters. The largest absolute Gasteiger partial charge is 0.444 e. The van der Waals surface area contributed by atoms with E-state index in [-0.39, 0.29) is 5.57 Å². The molecule has 3 rings (SSSR count). The first kappa shape index (κ1) is 22.5. The Bertz CT molecular complexity index is 1080. The van der Waals surface area contributed by atoms with Crippen LogP contribution in [0.5, 0.6) is 0 Å². The summed E-state index contributed by atoms with van der Waals surface area (Å²) in [4.78, 5) is 11.8. The zero-order chi connectivity index (χ0) is 22.4. The van der Waals surface area contributed by atoms with Crippen molar-refractivity contribution in [2.24, 2.45) is 0 Å². The van der Waals surface area contributed by atoms with Crippen LogP contribution in [0.2, 0.25) is 0 Å². The van der Waals surface area contributed by atoms with Gasteiger partial charge in [0.25, 0.3) is 6.08 Å². The monoisotopic (exact) mass is 423 g/mol. The Morgan fingerprint density at radius 3 is 2.26 bits per heavy atom. The molecule has 0 bridgehead atoms. The smallest absolute Gasteiger partial charge is 0.412 e. The molecule has 0 heterocycles. The van der Waals surface area contributed by atoms with Gasteiger partial charge in [0.05, 0.1) is 0 Å². The van der Waals surface area contributed by atoms with Crippen LogP contribution in [0.3, 0.4) is 0 Å². The number of anilines is 1. The Balaban J connectivity index is 1.58. The molecule has 0 aromatic heterocycles. The molecule has 3 nitrogen and oxygen atoms in total. The van der Waals surface area contributed by atoms with Gasteiger partial charge in [-0.2, -0.15) is 8.78 Å². The molecule has 0 unspecified atom stereocenters. The number of carbonyl (C=O) groups excluding carboxylic acids is 1. The minimum absolute atomic E-state index is 0.0916. The average Bonchev–Trinajstić information content (AvgIpc) is 2.70. The number of rotatable bonds is 6. The molecule has 0 radical (unpaired) electrons. The van der Waals surface area contributed by atoms with Crippen molar-refractivity contribution in [3.63, 3.8) is 0 Å². The molecule has 0 spiro atoms. The second kappa shape index (κ2) is 9.73. The quantitative estimate of drug-likeness (QED) is 0.439. The Morgan fingerprint density at radius 2 is 1.61 bits per heavy atom. The maximum atomic E-state index is 13.6. The van der Waals surface area contributed by atoms with E-state index in [4.69, 9.17) is 4.74 Å². The minimum Gasteiger partial charge on any atom is -0.444 e. The maximum Gasteiger partial charge on any atom is 0.412 e. The second-order valence-electron chi connectivity index (χ2n) is 8.48. The van der Waals surface area contributed by atoms with Crippen molar-refractivity contribution >= 4 is 28.1 Å². The summed E-state index contributed by atoms with van der Waals surface area (Å²) in [6, 6.07) is 20.5. The molecule has 5 heteroatoms. The molecule has 0 fully saturated rings. The fourth-order valence-electron chi connectivity index (χ4n) is 3.37. The first-order valence-corrected chi connectivity index (χ1v) is 10.3. The fourth-order valence-corrected chi connectivity index (χ4v) is 3.37. The lowest BCUT2D eigenvalue weighted by Gasteiger charge is -2.19. The van der Waals surface area contributed by atoms with Gasteiger partial charge in [-0.15, -0.1) is 0 Å². The van der Waals surface area contributed by atoms with Crippen LogP contribution in [0.4, 0.5) is 19.3 Å². The fraction of sp³-hybridized carbons (Fsp3) is 0.269. The predicted molar refractivity (Wildman–Crippen MR) is 122 cm³/mol. The number of amides is 1. The lowest BCUT2D eigenvalue weighted by Crippen LogP contribution is -2.27. The van der Waals surface area contributed by atoms with Gasteiger partial charge in [-0.05, 0) is 80.1 Å². The number of aryl methyl sites for hydroxylation is 1. The highest BCUT2D eigenvalue weighted by atomic mass is 19.3. The molecule has 0 saturated carbocycles. The second-order valence-corrected chi connectivity index (χ2v) is 8.48. The van der Waals surface area contributed by atoms with Crippen molar-refractivity contribution in [3.05, 3.63) is 83.9 Å². The molecule has 31 heavy (non-hydrogen) atoms. The SMILES string of the molecule is CC(C)(C)OC(=O)Nc1ccc(CCCC(=C(F)F)c2ccc3ccccc3c2)cc1. The summed E-state index contributed by atoms with van der Waals surface area (Å²) in [6.07, 6.45) is -0.593. The van der Waals surface area contributed by atoms with Crippen LogP contribution in [0.25, 0.3) is 16.3 Å². The third kappa shape index (κ3) is 6.64. The van der Waals surface area contributed by atoms with Crippen molar-refractivity contribution < 1.29 is 18.3 Å². The number of allylic oxidation sites excluding steroid dienone is 1. The molecule has 162 valence electrons. The highest BCUT2D eigenvalue weighted by Crippen LogP contribution is 2.29. The Hall–Kier alpha value is -3.21. The third-order valence-electron chi connectivity index (χ3n) is 4.82. The average molecular weight is 424 g/mol. The van der Waals surface area contributed by atoms with Gasteiger partial charge in [0.1, 0.15) is 5.60 Å². The number of fused-ring (bicyclic) bond motifs is 1. The Morgan fingerprint density at radius 1 is 0.935 bits per heavy atom.